The highest BCUT2D eigenvalue weighted by Gasteiger charge is 2.11. The summed E-state index contributed by atoms with van der Waals surface area (Å²) in [5.74, 6) is 0.441. The van der Waals surface area contributed by atoms with Gasteiger partial charge in [-0.3, -0.25) is 10.1 Å². The number of non-ortho nitro benzene ring substituents is 1. The summed E-state index contributed by atoms with van der Waals surface area (Å²) in [4.78, 5) is 10.4. The van der Waals surface area contributed by atoms with Gasteiger partial charge in [-0.1, -0.05) is 5.21 Å². The maximum Gasteiger partial charge on any atom is 0.273 e. The maximum absolute atomic E-state index is 10.9. The van der Waals surface area contributed by atoms with Gasteiger partial charge in [0.1, 0.15) is 5.75 Å². The van der Waals surface area contributed by atoms with E-state index in [1.165, 1.54) is 19.2 Å². The molecule has 0 aliphatic heterocycles. The van der Waals surface area contributed by atoms with Crippen molar-refractivity contribution in [3.8, 4) is 5.75 Å². The lowest BCUT2D eigenvalue weighted by Gasteiger charge is -2.05. The molecule has 8 nitrogen and oxygen atoms in total. The number of nitrogens with zero attached hydrogens (tertiary/aromatic N) is 4. The number of aromatic nitrogens is 3. The number of nitro groups is 1. The topological polar surface area (TPSA) is 109 Å². The molecule has 0 spiro atoms. The molecule has 20 heavy (non-hydrogen) atoms. The summed E-state index contributed by atoms with van der Waals surface area (Å²) >= 11 is 0. The predicted octanol–water partition coefficient (Wildman–Crippen LogP) is 0.744. The van der Waals surface area contributed by atoms with Gasteiger partial charge in [-0.2, -0.15) is 0 Å². The van der Waals surface area contributed by atoms with Crippen LogP contribution >= 0.6 is 0 Å². The van der Waals surface area contributed by atoms with Crippen molar-refractivity contribution in [3.05, 3.63) is 45.8 Å². The zero-order valence-electron chi connectivity index (χ0n) is 11.0. The molecule has 0 aliphatic carbocycles. The van der Waals surface area contributed by atoms with Gasteiger partial charge in [-0.15, -0.1) is 5.10 Å². The normalized spacial score (nSPS) is 10.5. The van der Waals surface area contributed by atoms with E-state index in [9.17, 15) is 10.1 Å². The summed E-state index contributed by atoms with van der Waals surface area (Å²) in [7, 11) is 1.47. The molecule has 1 aromatic carbocycles. The Morgan fingerprint density at radius 3 is 2.90 bits per heavy atom. The Morgan fingerprint density at radius 1 is 1.45 bits per heavy atom. The van der Waals surface area contributed by atoms with E-state index in [1.807, 2.05) is 0 Å². The first kappa shape index (κ1) is 13.9. The fourth-order valence-corrected chi connectivity index (χ4v) is 1.82. The van der Waals surface area contributed by atoms with E-state index < -0.39 is 4.92 Å². The van der Waals surface area contributed by atoms with Gasteiger partial charge in [0.05, 0.1) is 30.3 Å². The smallest absolute Gasteiger partial charge is 0.273 e. The van der Waals surface area contributed by atoms with E-state index in [4.69, 9.17) is 10.5 Å². The van der Waals surface area contributed by atoms with Crippen LogP contribution < -0.4 is 10.5 Å². The molecule has 2 N–H and O–H groups in total. The van der Waals surface area contributed by atoms with Gasteiger partial charge in [0.25, 0.3) is 5.69 Å². The molecule has 0 unspecified atom stereocenters. The Morgan fingerprint density at radius 2 is 2.25 bits per heavy atom. The zero-order chi connectivity index (χ0) is 14.5. The Hall–Kier alpha value is -2.48. The predicted molar refractivity (Wildman–Crippen MR) is 71.5 cm³/mol. The molecule has 1 heterocycles. The van der Waals surface area contributed by atoms with Crippen LogP contribution in [-0.2, 0) is 13.0 Å². The molecule has 0 aliphatic rings. The first-order valence-corrected chi connectivity index (χ1v) is 6.04. The summed E-state index contributed by atoms with van der Waals surface area (Å²) in [6.07, 6.45) is 2.43. The molecule has 0 atom stereocenters. The highest BCUT2D eigenvalue weighted by molar-refractivity contribution is 5.42. The minimum atomic E-state index is -0.451. The van der Waals surface area contributed by atoms with Crippen molar-refractivity contribution >= 4 is 5.69 Å². The van der Waals surface area contributed by atoms with Crippen LogP contribution in [0.1, 0.15) is 11.3 Å². The molecular weight excluding hydrogens is 262 g/mol. The molecule has 0 radical (unpaired) electrons. The molecule has 0 fully saturated rings. The van der Waals surface area contributed by atoms with Crippen molar-refractivity contribution < 1.29 is 9.66 Å². The lowest BCUT2D eigenvalue weighted by molar-refractivity contribution is -0.385. The number of hydrogen-bond acceptors (Lipinski definition) is 6. The summed E-state index contributed by atoms with van der Waals surface area (Å²) in [6.45, 7) is 0.888. The Kier molecular flexibility index (Phi) is 4.26. The SMILES string of the molecule is COc1cc(Cn2cc(CCN)nn2)cc([N+](=O)[O-])c1. The van der Waals surface area contributed by atoms with Crippen molar-refractivity contribution in [3.63, 3.8) is 0 Å². The van der Waals surface area contributed by atoms with Gasteiger partial charge >= 0.3 is 0 Å². The minimum Gasteiger partial charge on any atom is -0.496 e. The van der Waals surface area contributed by atoms with Gasteiger partial charge in [0.2, 0.25) is 0 Å². The fraction of sp³-hybridized carbons (Fsp3) is 0.333. The number of methoxy groups -OCH3 is 1. The summed E-state index contributed by atoms with van der Waals surface area (Å²) in [5, 5.41) is 18.8. The molecular formula is C12H15N5O3. The number of ether oxygens (including phenoxy) is 1. The number of nitrogens with two attached hydrogens (primary N) is 1. The third-order valence-electron chi connectivity index (χ3n) is 2.73. The first-order chi connectivity index (χ1) is 9.62. The van der Waals surface area contributed by atoms with Crippen LogP contribution in [0, 0.1) is 10.1 Å². The van der Waals surface area contributed by atoms with E-state index in [-0.39, 0.29) is 5.69 Å². The van der Waals surface area contributed by atoms with Gasteiger partial charge in [-0.25, -0.2) is 4.68 Å². The monoisotopic (exact) mass is 277 g/mol. The van der Waals surface area contributed by atoms with Crippen LogP contribution in [-0.4, -0.2) is 33.6 Å². The van der Waals surface area contributed by atoms with Crippen molar-refractivity contribution in [2.45, 2.75) is 13.0 Å². The number of benzene rings is 1. The van der Waals surface area contributed by atoms with Gasteiger partial charge in [0, 0.05) is 18.7 Å². The quantitative estimate of drug-likeness (QED) is 0.616. The summed E-state index contributed by atoms with van der Waals surface area (Å²) in [5.41, 5.74) is 6.95. The highest BCUT2D eigenvalue weighted by atomic mass is 16.6. The molecule has 0 amide bonds. The van der Waals surface area contributed by atoms with Crippen LogP contribution in [0.3, 0.4) is 0 Å². The number of nitro benzene ring substituents is 1. The Bertz CT molecular complexity index is 611. The van der Waals surface area contributed by atoms with E-state index in [2.05, 4.69) is 10.3 Å². The molecule has 0 saturated heterocycles. The Balaban J connectivity index is 2.22. The lowest BCUT2D eigenvalue weighted by Crippen LogP contribution is -2.03. The molecule has 2 rings (SSSR count). The van der Waals surface area contributed by atoms with Crippen molar-refractivity contribution in [1.82, 2.24) is 15.0 Å². The molecule has 0 saturated carbocycles. The average Bonchev–Trinajstić information content (AvgIpc) is 2.86. The minimum absolute atomic E-state index is 0.0124. The zero-order valence-corrected chi connectivity index (χ0v) is 11.0. The number of rotatable bonds is 6. The van der Waals surface area contributed by atoms with Gasteiger partial charge in [-0.05, 0) is 18.2 Å². The van der Waals surface area contributed by atoms with E-state index in [1.54, 1.807) is 16.9 Å². The Labute approximate surface area is 115 Å². The third-order valence-corrected chi connectivity index (χ3v) is 2.73. The van der Waals surface area contributed by atoms with Crippen LogP contribution in [0.15, 0.2) is 24.4 Å². The standard InChI is InChI=1S/C12H15N5O3/c1-20-12-5-9(4-11(6-12)17(18)19)7-16-8-10(2-3-13)14-15-16/h4-6,8H,2-3,7,13H2,1H3. The van der Waals surface area contributed by atoms with Crippen molar-refractivity contribution in [2.75, 3.05) is 13.7 Å². The average molecular weight is 277 g/mol. The number of hydrogen-bond donors (Lipinski definition) is 1. The van der Waals surface area contributed by atoms with Crippen LogP contribution in [0.4, 0.5) is 5.69 Å². The van der Waals surface area contributed by atoms with E-state index in [0.717, 1.165) is 11.3 Å². The summed E-state index contributed by atoms with van der Waals surface area (Å²) in [6, 6.07) is 4.61. The van der Waals surface area contributed by atoms with E-state index in [0.29, 0.717) is 25.3 Å². The molecule has 8 heteroatoms. The first-order valence-electron chi connectivity index (χ1n) is 6.04. The third kappa shape index (κ3) is 3.29. The van der Waals surface area contributed by atoms with Crippen molar-refractivity contribution in [1.29, 1.82) is 0 Å². The maximum atomic E-state index is 10.9. The van der Waals surface area contributed by atoms with E-state index >= 15 is 0 Å². The van der Waals surface area contributed by atoms with Gasteiger partial charge < -0.3 is 10.5 Å². The highest BCUT2D eigenvalue weighted by Crippen LogP contribution is 2.23. The lowest BCUT2D eigenvalue weighted by atomic mass is 10.2. The van der Waals surface area contributed by atoms with Crippen LogP contribution in [0.25, 0.3) is 0 Å². The van der Waals surface area contributed by atoms with Crippen LogP contribution in [0.2, 0.25) is 0 Å². The van der Waals surface area contributed by atoms with Crippen molar-refractivity contribution in [2.24, 2.45) is 5.73 Å². The molecule has 2 aromatic rings. The molecule has 0 bridgehead atoms. The van der Waals surface area contributed by atoms with Crippen LogP contribution in [0.5, 0.6) is 5.75 Å². The van der Waals surface area contributed by atoms with Gasteiger partial charge in [0.15, 0.2) is 0 Å². The second-order valence-electron chi connectivity index (χ2n) is 4.24. The fourth-order valence-electron chi connectivity index (χ4n) is 1.82. The molecule has 1 aromatic heterocycles. The molecule has 106 valence electrons. The second-order valence-corrected chi connectivity index (χ2v) is 4.24. The largest absolute Gasteiger partial charge is 0.496 e. The summed E-state index contributed by atoms with van der Waals surface area (Å²) < 4.78 is 6.68. The second kappa shape index (κ2) is 6.11.